The van der Waals surface area contributed by atoms with E-state index in [0.29, 0.717) is 6.54 Å². The minimum Gasteiger partial charge on any atom is -0.378 e. The van der Waals surface area contributed by atoms with Crippen molar-refractivity contribution in [2.45, 2.75) is 45.1 Å². The van der Waals surface area contributed by atoms with Crippen LogP contribution in [0.25, 0.3) is 0 Å². The molecule has 3 heteroatoms. The molecule has 0 amide bonds. The van der Waals surface area contributed by atoms with Gasteiger partial charge in [-0.05, 0) is 37.1 Å². The molecule has 0 spiro atoms. The Morgan fingerprint density at radius 3 is 2.35 bits per heavy atom. The van der Waals surface area contributed by atoms with Crippen LogP contribution in [-0.4, -0.2) is 12.1 Å². The molecule has 0 heterocycles. The first-order valence-corrected chi connectivity index (χ1v) is 7.19. The SMILES string of the molecule is CCCCC(CC)(CN)Nc1ccc(Br)cc1. The molecular formula is C14H23BrN2. The highest BCUT2D eigenvalue weighted by atomic mass is 79.9. The number of benzene rings is 1. The maximum absolute atomic E-state index is 5.97. The molecule has 1 atom stereocenters. The smallest absolute Gasteiger partial charge is 0.0493 e. The molecular weight excluding hydrogens is 276 g/mol. The normalized spacial score (nSPS) is 14.4. The van der Waals surface area contributed by atoms with Crippen molar-refractivity contribution in [3.8, 4) is 0 Å². The molecule has 1 rings (SSSR count). The maximum Gasteiger partial charge on any atom is 0.0493 e. The maximum atomic E-state index is 5.97. The predicted molar refractivity (Wildman–Crippen MR) is 79.4 cm³/mol. The van der Waals surface area contributed by atoms with E-state index >= 15 is 0 Å². The third-order valence-electron chi connectivity index (χ3n) is 3.33. The van der Waals surface area contributed by atoms with Crippen LogP contribution in [0.3, 0.4) is 0 Å². The van der Waals surface area contributed by atoms with Crippen molar-refractivity contribution in [1.29, 1.82) is 0 Å². The highest BCUT2D eigenvalue weighted by Crippen LogP contribution is 2.24. The van der Waals surface area contributed by atoms with E-state index in [-0.39, 0.29) is 5.54 Å². The quantitative estimate of drug-likeness (QED) is 0.793. The molecule has 0 aliphatic rings. The Labute approximate surface area is 113 Å². The van der Waals surface area contributed by atoms with E-state index < -0.39 is 0 Å². The molecule has 1 aromatic carbocycles. The summed E-state index contributed by atoms with van der Waals surface area (Å²) in [5, 5.41) is 3.61. The Kier molecular flexibility index (Phi) is 6.00. The van der Waals surface area contributed by atoms with Crippen molar-refractivity contribution in [2.75, 3.05) is 11.9 Å². The highest BCUT2D eigenvalue weighted by Gasteiger charge is 2.25. The van der Waals surface area contributed by atoms with Gasteiger partial charge in [-0.25, -0.2) is 0 Å². The van der Waals surface area contributed by atoms with E-state index in [4.69, 9.17) is 5.73 Å². The van der Waals surface area contributed by atoms with Gasteiger partial charge in [0.15, 0.2) is 0 Å². The zero-order chi connectivity index (χ0) is 12.7. The molecule has 17 heavy (non-hydrogen) atoms. The largest absolute Gasteiger partial charge is 0.378 e. The number of halogens is 1. The lowest BCUT2D eigenvalue weighted by atomic mass is 9.89. The summed E-state index contributed by atoms with van der Waals surface area (Å²) in [4.78, 5) is 0. The number of hydrogen-bond donors (Lipinski definition) is 2. The lowest BCUT2D eigenvalue weighted by molar-refractivity contribution is 0.411. The summed E-state index contributed by atoms with van der Waals surface area (Å²) in [6.07, 6.45) is 4.62. The highest BCUT2D eigenvalue weighted by molar-refractivity contribution is 9.10. The Morgan fingerprint density at radius 2 is 1.88 bits per heavy atom. The van der Waals surface area contributed by atoms with Crippen LogP contribution < -0.4 is 11.1 Å². The van der Waals surface area contributed by atoms with Crippen LogP contribution in [0, 0.1) is 0 Å². The average Bonchev–Trinajstić information content (AvgIpc) is 2.37. The van der Waals surface area contributed by atoms with Crippen LogP contribution in [0.2, 0.25) is 0 Å². The Hall–Kier alpha value is -0.540. The van der Waals surface area contributed by atoms with Crippen LogP contribution >= 0.6 is 15.9 Å². The van der Waals surface area contributed by atoms with Gasteiger partial charge in [0.2, 0.25) is 0 Å². The van der Waals surface area contributed by atoms with Gasteiger partial charge in [0.1, 0.15) is 0 Å². The Balaban J connectivity index is 2.74. The van der Waals surface area contributed by atoms with Gasteiger partial charge in [0.25, 0.3) is 0 Å². The van der Waals surface area contributed by atoms with Gasteiger partial charge >= 0.3 is 0 Å². The van der Waals surface area contributed by atoms with E-state index in [1.165, 1.54) is 12.8 Å². The fraction of sp³-hybridized carbons (Fsp3) is 0.571. The number of nitrogens with one attached hydrogen (secondary N) is 1. The van der Waals surface area contributed by atoms with Crippen molar-refractivity contribution in [1.82, 2.24) is 0 Å². The first kappa shape index (κ1) is 14.5. The third-order valence-corrected chi connectivity index (χ3v) is 3.86. The standard InChI is InChI=1S/C14H23BrN2/c1-3-5-10-14(4-2,11-16)17-13-8-6-12(15)7-9-13/h6-9,17H,3-5,10-11,16H2,1-2H3. The van der Waals surface area contributed by atoms with Crippen molar-refractivity contribution >= 4 is 21.6 Å². The fourth-order valence-electron chi connectivity index (χ4n) is 1.98. The van der Waals surface area contributed by atoms with Gasteiger partial charge in [-0.3, -0.25) is 0 Å². The third kappa shape index (κ3) is 4.32. The van der Waals surface area contributed by atoms with Crippen molar-refractivity contribution in [3.05, 3.63) is 28.7 Å². The van der Waals surface area contributed by atoms with Crippen molar-refractivity contribution in [2.24, 2.45) is 5.73 Å². The van der Waals surface area contributed by atoms with Gasteiger partial charge in [0.05, 0.1) is 0 Å². The van der Waals surface area contributed by atoms with Gasteiger partial charge in [-0.1, -0.05) is 42.6 Å². The monoisotopic (exact) mass is 298 g/mol. The fourth-order valence-corrected chi connectivity index (χ4v) is 2.24. The molecule has 1 aromatic rings. The molecule has 3 N–H and O–H groups in total. The van der Waals surface area contributed by atoms with Crippen LogP contribution in [-0.2, 0) is 0 Å². The molecule has 0 radical (unpaired) electrons. The molecule has 96 valence electrons. The molecule has 0 aromatic heterocycles. The average molecular weight is 299 g/mol. The number of unbranched alkanes of at least 4 members (excludes halogenated alkanes) is 1. The van der Waals surface area contributed by atoms with Crippen LogP contribution in [0.1, 0.15) is 39.5 Å². The van der Waals surface area contributed by atoms with E-state index in [0.717, 1.165) is 23.0 Å². The number of rotatable bonds is 7. The van der Waals surface area contributed by atoms with Gasteiger partial charge in [-0.2, -0.15) is 0 Å². The van der Waals surface area contributed by atoms with Crippen LogP contribution in [0.4, 0.5) is 5.69 Å². The van der Waals surface area contributed by atoms with Crippen molar-refractivity contribution < 1.29 is 0 Å². The summed E-state index contributed by atoms with van der Waals surface area (Å²) in [5.41, 5.74) is 7.16. The minimum absolute atomic E-state index is 0.0455. The second-order valence-corrected chi connectivity index (χ2v) is 5.49. The van der Waals surface area contributed by atoms with E-state index in [1.807, 2.05) is 0 Å². The summed E-state index contributed by atoms with van der Waals surface area (Å²) in [7, 11) is 0. The van der Waals surface area contributed by atoms with Crippen LogP contribution in [0.5, 0.6) is 0 Å². The first-order chi connectivity index (χ1) is 8.15. The Morgan fingerprint density at radius 1 is 1.24 bits per heavy atom. The summed E-state index contributed by atoms with van der Waals surface area (Å²) >= 11 is 3.45. The topological polar surface area (TPSA) is 38.0 Å². The molecule has 0 saturated carbocycles. The Bertz CT molecular complexity index is 317. The van der Waals surface area contributed by atoms with E-state index in [1.54, 1.807) is 0 Å². The molecule has 0 aliphatic carbocycles. The number of anilines is 1. The molecule has 0 aliphatic heterocycles. The molecule has 2 nitrogen and oxygen atoms in total. The lowest BCUT2D eigenvalue weighted by Gasteiger charge is -2.34. The van der Waals surface area contributed by atoms with Gasteiger partial charge in [-0.15, -0.1) is 0 Å². The molecule has 1 unspecified atom stereocenters. The molecule has 0 saturated heterocycles. The number of hydrogen-bond acceptors (Lipinski definition) is 2. The summed E-state index contributed by atoms with van der Waals surface area (Å²) in [6, 6.07) is 8.30. The first-order valence-electron chi connectivity index (χ1n) is 6.39. The second kappa shape index (κ2) is 7.02. The summed E-state index contributed by atoms with van der Waals surface area (Å²) < 4.78 is 1.10. The summed E-state index contributed by atoms with van der Waals surface area (Å²) in [6.45, 7) is 5.10. The van der Waals surface area contributed by atoms with Gasteiger partial charge in [0, 0.05) is 22.2 Å². The number of nitrogens with two attached hydrogens (primary N) is 1. The minimum atomic E-state index is 0.0455. The van der Waals surface area contributed by atoms with E-state index in [9.17, 15) is 0 Å². The molecule has 0 bridgehead atoms. The zero-order valence-electron chi connectivity index (χ0n) is 10.8. The van der Waals surface area contributed by atoms with Crippen LogP contribution in [0.15, 0.2) is 28.7 Å². The van der Waals surface area contributed by atoms with E-state index in [2.05, 4.69) is 59.4 Å². The second-order valence-electron chi connectivity index (χ2n) is 4.57. The summed E-state index contributed by atoms with van der Waals surface area (Å²) in [5.74, 6) is 0. The predicted octanol–water partition coefficient (Wildman–Crippen LogP) is 4.16. The van der Waals surface area contributed by atoms with Crippen molar-refractivity contribution in [3.63, 3.8) is 0 Å². The molecule has 0 fully saturated rings. The lowest BCUT2D eigenvalue weighted by Crippen LogP contribution is -2.45. The zero-order valence-corrected chi connectivity index (χ0v) is 12.4. The van der Waals surface area contributed by atoms with Gasteiger partial charge < -0.3 is 11.1 Å².